The molecule has 0 aliphatic carbocycles. The lowest BCUT2D eigenvalue weighted by Gasteiger charge is -2.10. The molecule has 0 atom stereocenters. The Morgan fingerprint density at radius 3 is 2.06 bits per heavy atom. The van der Waals surface area contributed by atoms with Crippen LogP contribution >= 0.6 is 0 Å². The van der Waals surface area contributed by atoms with Crippen molar-refractivity contribution in [2.75, 3.05) is 5.73 Å². The smallest absolute Gasteiger partial charge is 0.399 e. The summed E-state index contributed by atoms with van der Waals surface area (Å²) in [7, 11) is 0. The standard InChI is InChI=1S/C14H12F3N/c1-9-2-4-10(5-3-9)11-6-12(14(15,16)17)8-13(18)7-11/h2-8H,18H2,1H3. The number of hydrogen-bond acceptors (Lipinski definition) is 1. The number of nitrogen functional groups attached to an aromatic ring is 1. The Hall–Kier alpha value is -1.97. The molecule has 0 aliphatic heterocycles. The molecule has 4 heteroatoms. The van der Waals surface area contributed by atoms with Crippen LogP contribution in [0.1, 0.15) is 11.1 Å². The van der Waals surface area contributed by atoms with Gasteiger partial charge in [0.1, 0.15) is 0 Å². The Morgan fingerprint density at radius 2 is 1.50 bits per heavy atom. The lowest BCUT2D eigenvalue weighted by atomic mass is 10.0. The molecular weight excluding hydrogens is 239 g/mol. The largest absolute Gasteiger partial charge is 0.416 e. The van der Waals surface area contributed by atoms with E-state index in [1.807, 2.05) is 19.1 Å². The molecule has 0 saturated carbocycles. The van der Waals surface area contributed by atoms with Gasteiger partial charge in [-0.05, 0) is 36.2 Å². The second kappa shape index (κ2) is 4.37. The fraction of sp³-hybridized carbons (Fsp3) is 0.143. The molecule has 0 heterocycles. The maximum Gasteiger partial charge on any atom is 0.416 e. The molecule has 2 aromatic carbocycles. The van der Waals surface area contributed by atoms with Crippen molar-refractivity contribution in [3.63, 3.8) is 0 Å². The molecule has 0 spiro atoms. The average Bonchev–Trinajstić information content (AvgIpc) is 2.28. The van der Waals surface area contributed by atoms with Gasteiger partial charge in [-0.2, -0.15) is 13.2 Å². The van der Waals surface area contributed by atoms with Gasteiger partial charge in [-0.25, -0.2) is 0 Å². The maximum absolute atomic E-state index is 12.7. The van der Waals surface area contributed by atoms with Crippen molar-refractivity contribution in [1.29, 1.82) is 0 Å². The number of rotatable bonds is 1. The van der Waals surface area contributed by atoms with Crippen LogP contribution in [-0.4, -0.2) is 0 Å². The molecule has 0 aromatic heterocycles. The Balaban J connectivity index is 2.52. The summed E-state index contributed by atoms with van der Waals surface area (Å²) in [4.78, 5) is 0. The first-order chi connectivity index (χ1) is 8.36. The van der Waals surface area contributed by atoms with Crippen molar-refractivity contribution in [1.82, 2.24) is 0 Å². The molecule has 0 saturated heterocycles. The van der Waals surface area contributed by atoms with Crippen LogP contribution in [0.25, 0.3) is 11.1 Å². The van der Waals surface area contributed by atoms with E-state index >= 15 is 0 Å². The van der Waals surface area contributed by atoms with E-state index in [9.17, 15) is 13.2 Å². The van der Waals surface area contributed by atoms with Crippen molar-refractivity contribution >= 4 is 5.69 Å². The molecule has 0 aliphatic rings. The average molecular weight is 251 g/mol. The van der Waals surface area contributed by atoms with Crippen molar-refractivity contribution in [2.24, 2.45) is 0 Å². The van der Waals surface area contributed by atoms with Crippen molar-refractivity contribution < 1.29 is 13.2 Å². The van der Waals surface area contributed by atoms with E-state index in [0.717, 1.165) is 23.3 Å². The molecule has 94 valence electrons. The van der Waals surface area contributed by atoms with Crippen LogP contribution < -0.4 is 5.73 Å². The van der Waals surface area contributed by atoms with E-state index in [0.29, 0.717) is 5.56 Å². The van der Waals surface area contributed by atoms with Crippen LogP contribution in [0.2, 0.25) is 0 Å². The van der Waals surface area contributed by atoms with Crippen LogP contribution in [0, 0.1) is 6.92 Å². The lowest BCUT2D eigenvalue weighted by molar-refractivity contribution is -0.137. The topological polar surface area (TPSA) is 26.0 Å². The highest BCUT2D eigenvalue weighted by Crippen LogP contribution is 2.34. The minimum absolute atomic E-state index is 0.111. The number of hydrogen-bond donors (Lipinski definition) is 1. The molecule has 2 rings (SSSR count). The lowest BCUT2D eigenvalue weighted by Crippen LogP contribution is -2.06. The van der Waals surface area contributed by atoms with Gasteiger partial charge >= 0.3 is 6.18 Å². The highest BCUT2D eigenvalue weighted by atomic mass is 19.4. The van der Waals surface area contributed by atoms with Crippen LogP contribution in [0.5, 0.6) is 0 Å². The predicted octanol–water partition coefficient (Wildman–Crippen LogP) is 4.26. The number of halogens is 3. The van der Waals surface area contributed by atoms with E-state index in [-0.39, 0.29) is 5.69 Å². The summed E-state index contributed by atoms with van der Waals surface area (Å²) >= 11 is 0. The Kier molecular flexibility index (Phi) is 3.03. The predicted molar refractivity (Wildman–Crippen MR) is 66.0 cm³/mol. The van der Waals surface area contributed by atoms with Crippen molar-refractivity contribution in [3.05, 3.63) is 53.6 Å². The number of aryl methyl sites for hydroxylation is 1. The number of alkyl halides is 3. The molecule has 0 amide bonds. The third-order valence-corrected chi connectivity index (χ3v) is 2.67. The zero-order valence-electron chi connectivity index (χ0n) is 9.75. The summed E-state index contributed by atoms with van der Waals surface area (Å²) < 4.78 is 38.0. The quantitative estimate of drug-likeness (QED) is 0.753. The van der Waals surface area contributed by atoms with Crippen LogP contribution in [-0.2, 0) is 6.18 Å². The van der Waals surface area contributed by atoms with Gasteiger partial charge in [0.05, 0.1) is 5.56 Å². The molecule has 0 bridgehead atoms. The van der Waals surface area contributed by atoms with E-state index < -0.39 is 11.7 Å². The van der Waals surface area contributed by atoms with Gasteiger partial charge in [0.25, 0.3) is 0 Å². The number of benzene rings is 2. The third kappa shape index (κ3) is 2.64. The van der Waals surface area contributed by atoms with Crippen molar-refractivity contribution in [2.45, 2.75) is 13.1 Å². The fourth-order valence-corrected chi connectivity index (χ4v) is 1.73. The summed E-state index contributed by atoms with van der Waals surface area (Å²) in [6.45, 7) is 1.92. The van der Waals surface area contributed by atoms with Gasteiger partial charge in [0, 0.05) is 5.69 Å². The third-order valence-electron chi connectivity index (χ3n) is 2.67. The van der Waals surface area contributed by atoms with Gasteiger partial charge in [-0.1, -0.05) is 29.8 Å². The van der Waals surface area contributed by atoms with E-state index in [1.54, 1.807) is 18.2 Å². The van der Waals surface area contributed by atoms with Gasteiger partial charge in [0.2, 0.25) is 0 Å². The van der Waals surface area contributed by atoms with Gasteiger partial charge in [-0.15, -0.1) is 0 Å². The first-order valence-corrected chi connectivity index (χ1v) is 5.41. The zero-order chi connectivity index (χ0) is 13.3. The van der Waals surface area contributed by atoms with Gasteiger partial charge < -0.3 is 5.73 Å². The molecule has 2 N–H and O–H groups in total. The Bertz CT molecular complexity index is 556. The van der Waals surface area contributed by atoms with Crippen LogP contribution in [0.4, 0.5) is 18.9 Å². The normalized spacial score (nSPS) is 11.6. The number of nitrogens with two attached hydrogens (primary N) is 1. The van der Waals surface area contributed by atoms with Gasteiger partial charge in [-0.3, -0.25) is 0 Å². The van der Waals surface area contributed by atoms with E-state index in [4.69, 9.17) is 5.73 Å². The molecule has 0 radical (unpaired) electrons. The summed E-state index contributed by atoms with van der Waals surface area (Å²) in [5.41, 5.74) is 7.16. The highest BCUT2D eigenvalue weighted by Gasteiger charge is 2.31. The molecule has 18 heavy (non-hydrogen) atoms. The Morgan fingerprint density at radius 1 is 0.889 bits per heavy atom. The molecule has 1 nitrogen and oxygen atoms in total. The van der Waals surface area contributed by atoms with E-state index in [2.05, 4.69) is 0 Å². The number of anilines is 1. The fourth-order valence-electron chi connectivity index (χ4n) is 1.73. The van der Waals surface area contributed by atoms with Crippen LogP contribution in [0.15, 0.2) is 42.5 Å². The van der Waals surface area contributed by atoms with Gasteiger partial charge in [0.15, 0.2) is 0 Å². The highest BCUT2D eigenvalue weighted by molar-refractivity contribution is 5.69. The first kappa shape index (κ1) is 12.5. The maximum atomic E-state index is 12.7. The minimum atomic E-state index is -4.38. The zero-order valence-corrected chi connectivity index (χ0v) is 9.75. The molecule has 2 aromatic rings. The Labute approximate surface area is 103 Å². The summed E-state index contributed by atoms with van der Waals surface area (Å²) in [5.74, 6) is 0. The minimum Gasteiger partial charge on any atom is -0.399 e. The summed E-state index contributed by atoms with van der Waals surface area (Å²) in [6, 6.07) is 10.9. The second-order valence-electron chi connectivity index (χ2n) is 4.21. The van der Waals surface area contributed by atoms with Crippen molar-refractivity contribution in [3.8, 4) is 11.1 Å². The molecular formula is C14H12F3N. The second-order valence-corrected chi connectivity index (χ2v) is 4.21. The summed E-state index contributed by atoms with van der Waals surface area (Å²) in [6.07, 6.45) is -4.38. The summed E-state index contributed by atoms with van der Waals surface area (Å²) in [5, 5.41) is 0. The molecule has 0 fully saturated rings. The monoisotopic (exact) mass is 251 g/mol. The first-order valence-electron chi connectivity index (χ1n) is 5.41. The SMILES string of the molecule is Cc1ccc(-c2cc(N)cc(C(F)(F)F)c2)cc1. The van der Waals surface area contributed by atoms with Crippen LogP contribution in [0.3, 0.4) is 0 Å². The van der Waals surface area contributed by atoms with E-state index in [1.165, 1.54) is 0 Å². The molecule has 0 unspecified atom stereocenters.